The van der Waals surface area contributed by atoms with Crippen LogP contribution in [0.2, 0.25) is 0 Å². The highest BCUT2D eigenvalue weighted by atomic mass is 32.1. The molecule has 18 heteroatoms. The van der Waals surface area contributed by atoms with E-state index in [9.17, 15) is 0 Å². The lowest BCUT2D eigenvalue weighted by atomic mass is 9.82. The van der Waals surface area contributed by atoms with Crippen molar-refractivity contribution in [2.45, 2.75) is 39.0 Å². The van der Waals surface area contributed by atoms with Crippen molar-refractivity contribution in [1.82, 2.24) is 42.5 Å². The molecule has 14 nitrogen and oxygen atoms in total. The predicted molar refractivity (Wildman–Crippen MR) is 239 cm³/mol. The van der Waals surface area contributed by atoms with Gasteiger partial charge in [0.25, 0.3) is 0 Å². The largest absolute Gasteiger partial charge is 0.377 e. The minimum absolute atomic E-state index is 0.0514. The average molecular weight is 859 g/mol. The summed E-state index contributed by atoms with van der Waals surface area (Å²) in [5.74, 6) is 0.349. The van der Waals surface area contributed by atoms with E-state index in [-0.39, 0.29) is 17.3 Å². The zero-order valence-corrected chi connectivity index (χ0v) is 36.8. The Morgan fingerprint density at radius 3 is 0.964 bits per heavy atom. The molecule has 2 aliphatic rings. The first-order valence-corrected chi connectivity index (χ1v) is 21.4. The van der Waals surface area contributed by atoms with Gasteiger partial charge < -0.3 is 71.0 Å². The number of ether oxygens (including phenoxy) is 6. The molecule has 0 amide bonds. The Bertz CT molecular complexity index is 1170. The maximum Gasteiger partial charge on any atom is 0.166 e. The van der Waals surface area contributed by atoms with Crippen LogP contribution < -0.4 is 42.5 Å². The molecule has 0 saturated carbocycles. The molecule has 2 saturated heterocycles. The van der Waals surface area contributed by atoms with Gasteiger partial charge in [-0.25, -0.2) is 0 Å². The summed E-state index contributed by atoms with van der Waals surface area (Å²) < 4.78 is 33.8. The molecule has 8 N–H and O–H groups in total. The number of nitrogens with one attached hydrogen (secondary N) is 8. The van der Waals surface area contributed by atoms with Crippen LogP contribution in [-0.4, -0.2) is 152 Å². The predicted octanol–water partition coefficient (Wildman–Crippen LogP) is 1.28. The van der Waals surface area contributed by atoms with Crippen LogP contribution in [0.1, 0.15) is 37.5 Å². The monoisotopic (exact) mass is 858 g/mol. The van der Waals surface area contributed by atoms with Crippen molar-refractivity contribution in [2.75, 3.05) is 132 Å². The molecule has 0 aliphatic carbocycles. The van der Waals surface area contributed by atoms with E-state index in [0.717, 1.165) is 12.8 Å². The third-order valence-corrected chi connectivity index (χ3v) is 9.94. The second-order valence-electron chi connectivity index (χ2n) is 14.6. The van der Waals surface area contributed by atoms with Crippen molar-refractivity contribution < 1.29 is 28.4 Å². The van der Waals surface area contributed by atoms with Gasteiger partial charge in [-0.05, 0) is 95.7 Å². The first-order valence-electron chi connectivity index (χ1n) is 19.7. The topological polar surface area (TPSA) is 152 Å². The fourth-order valence-corrected chi connectivity index (χ4v) is 6.50. The van der Waals surface area contributed by atoms with Crippen LogP contribution in [0.5, 0.6) is 0 Å². The van der Waals surface area contributed by atoms with Crippen molar-refractivity contribution in [2.24, 2.45) is 11.8 Å². The summed E-state index contributed by atoms with van der Waals surface area (Å²) in [6.45, 7) is 18.1. The fourth-order valence-electron chi connectivity index (χ4n) is 5.76. The Balaban J connectivity index is 1.74. The van der Waals surface area contributed by atoms with Gasteiger partial charge in [0.2, 0.25) is 0 Å². The zero-order chi connectivity index (χ0) is 40.3. The maximum atomic E-state index is 5.67. The molecular formula is C38H66N8O6S4. The number of rotatable bonds is 4. The quantitative estimate of drug-likeness (QED) is 0.205. The van der Waals surface area contributed by atoms with E-state index in [1.807, 2.05) is 0 Å². The van der Waals surface area contributed by atoms with Crippen molar-refractivity contribution in [3.8, 4) is 0 Å². The Morgan fingerprint density at radius 2 is 0.696 bits per heavy atom. The number of hydrogen-bond acceptors (Lipinski definition) is 10. The molecule has 0 aromatic heterocycles. The molecule has 2 aliphatic heterocycles. The molecular weight excluding hydrogens is 793 g/mol. The molecule has 1 aromatic carbocycles. The molecule has 0 bridgehead atoms. The van der Waals surface area contributed by atoms with E-state index in [1.165, 1.54) is 16.7 Å². The molecule has 0 atom stereocenters. The van der Waals surface area contributed by atoms with Gasteiger partial charge in [0.1, 0.15) is 0 Å². The highest BCUT2D eigenvalue weighted by molar-refractivity contribution is 7.80. The summed E-state index contributed by atoms with van der Waals surface area (Å²) in [5, 5.41) is 29.1. The highest BCUT2D eigenvalue weighted by Gasteiger charge is 2.20. The lowest BCUT2D eigenvalue weighted by Gasteiger charge is -2.26. The fraction of sp³-hybridized carbons (Fsp3) is 0.737. The van der Waals surface area contributed by atoms with Crippen LogP contribution in [0.25, 0.3) is 0 Å². The van der Waals surface area contributed by atoms with E-state index in [1.54, 1.807) is 0 Å². The van der Waals surface area contributed by atoms with Crippen LogP contribution in [0.15, 0.2) is 18.2 Å². The summed E-state index contributed by atoms with van der Waals surface area (Å²) in [4.78, 5) is 0. The molecule has 0 unspecified atom stereocenters. The molecule has 0 spiro atoms. The van der Waals surface area contributed by atoms with Gasteiger partial charge in [-0.2, -0.15) is 0 Å². The van der Waals surface area contributed by atoms with Gasteiger partial charge in [-0.3, -0.25) is 0 Å². The third-order valence-electron chi connectivity index (χ3n) is 8.79. The lowest BCUT2D eigenvalue weighted by Crippen LogP contribution is -2.44. The van der Waals surface area contributed by atoms with Gasteiger partial charge in [-0.1, -0.05) is 39.0 Å². The van der Waals surface area contributed by atoms with E-state index >= 15 is 0 Å². The summed E-state index contributed by atoms with van der Waals surface area (Å²) in [5.41, 5.74) is 3.74. The number of thiocarbonyl (C=S) groups is 4. The number of benzene rings is 1. The molecule has 0 radical (unpaired) electrons. The SMILES string of the molecule is CC(C)(C)c1cc(CC2CNC(=S)NCCOCCOCCOCCNC(=S)NC2)cc(CC2CNC(=S)NCCOCCOCCOCCNC(=S)NC2)c1. The summed E-state index contributed by atoms with van der Waals surface area (Å²) in [6, 6.07) is 7.01. The van der Waals surface area contributed by atoms with Crippen molar-refractivity contribution in [3.63, 3.8) is 0 Å². The van der Waals surface area contributed by atoms with E-state index in [0.29, 0.717) is 152 Å². The molecule has 3 rings (SSSR count). The molecule has 56 heavy (non-hydrogen) atoms. The minimum Gasteiger partial charge on any atom is -0.377 e. The normalized spacial score (nSPS) is 20.9. The maximum absolute atomic E-state index is 5.67. The Morgan fingerprint density at radius 1 is 0.429 bits per heavy atom. The van der Waals surface area contributed by atoms with Gasteiger partial charge >= 0.3 is 0 Å². The second kappa shape index (κ2) is 29.0. The Hall–Kier alpha value is -2.26. The summed E-state index contributed by atoms with van der Waals surface area (Å²) in [7, 11) is 0. The second-order valence-corrected chi connectivity index (χ2v) is 16.3. The lowest BCUT2D eigenvalue weighted by molar-refractivity contribution is 0.0166. The van der Waals surface area contributed by atoms with Crippen molar-refractivity contribution in [3.05, 3.63) is 34.9 Å². The molecule has 318 valence electrons. The standard InChI is InChI=1S/C38H66N8O6S4/c1-38(2,3)33-23-29(21-31-25-43-34(53)39-4-8-47-12-16-51-17-13-48-9-5-40-35(54)44-26-31)20-30(24-33)22-32-27-45-36(55)41-6-10-49-14-18-52-19-15-50-11-7-42-37(56)46-28-32/h20,23-24,31-32H,4-19,21-22,25-28H2,1-3H3,(H2,39,43,53)(H2,40,44,54)(H2,41,45,55)(H2,42,46,56). The Kier molecular flexibility index (Phi) is 24.9. The highest BCUT2D eigenvalue weighted by Crippen LogP contribution is 2.27. The number of hydrogen-bond donors (Lipinski definition) is 8. The van der Waals surface area contributed by atoms with Crippen LogP contribution in [0, 0.1) is 11.8 Å². The van der Waals surface area contributed by atoms with Crippen LogP contribution in [0.4, 0.5) is 0 Å². The van der Waals surface area contributed by atoms with Crippen LogP contribution in [-0.2, 0) is 46.7 Å². The minimum atomic E-state index is -0.0514. The first kappa shape index (κ1) is 48.1. The van der Waals surface area contributed by atoms with E-state index in [2.05, 4.69) is 81.5 Å². The van der Waals surface area contributed by atoms with Crippen molar-refractivity contribution in [1.29, 1.82) is 0 Å². The summed E-state index contributed by atoms with van der Waals surface area (Å²) >= 11 is 22.5. The van der Waals surface area contributed by atoms with E-state index < -0.39 is 0 Å². The van der Waals surface area contributed by atoms with Gasteiger partial charge in [0.05, 0.1) is 79.3 Å². The van der Waals surface area contributed by atoms with Crippen LogP contribution >= 0.6 is 48.9 Å². The van der Waals surface area contributed by atoms with Crippen LogP contribution in [0.3, 0.4) is 0 Å². The molecule has 1 aromatic rings. The molecule has 2 heterocycles. The van der Waals surface area contributed by atoms with Crippen molar-refractivity contribution >= 4 is 69.3 Å². The smallest absolute Gasteiger partial charge is 0.166 e. The third kappa shape index (κ3) is 23.2. The first-order chi connectivity index (χ1) is 27.1. The van der Waals surface area contributed by atoms with E-state index in [4.69, 9.17) is 77.3 Å². The van der Waals surface area contributed by atoms with Gasteiger partial charge in [0, 0.05) is 52.4 Å². The Labute approximate surface area is 356 Å². The summed E-state index contributed by atoms with van der Waals surface area (Å²) in [6.07, 6.45) is 1.63. The van der Waals surface area contributed by atoms with Gasteiger partial charge in [-0.15, -0.1) is 0 Å². The average Bonchev–Trinajstić information content (AvgIpc) is 3.16. The van der Waals surface area contributed by atoms with Gasteiger partial charge in [0.15, 0.2) is 20.4 Å². The molecule has 2 fully saturated rings. The zero-order valence-electron chi connectivity index (χ0n) is 33.5.